The molecular formula is C8H10N2O. The highest BCUT2D eigenvalue weighted by atomic mass is 16.1. The molecule has 0 radical (unpaired) electrons. The average molecular weight is 150 g/mol. The van der Waals surface area contributed by atoms with Crippen LogP contribution in [0.5, 0.6) is 0 Å². The number of hydrogen-bond donors (Lipinski definition) is 0. The Hall–Kier alpha value is -1.12. The Labute approximate surface area is 65.0 Å². The van der Waals surface area contributed by atoms with E-state index in [0.717, 1.165) is 5.56 Å². The van der Waals surface area contributed by atoms with Crippen LogP contribution >= 0.6 is 0 Å². The highest BCUT2D eigenvalue weighted by molar-refractivity contribution is 5.93. The van der Waals surface area contributed by atoms with Gasteiger partial charge in [0.2, 0.25) is 0 Å². The first-order valence-electron chi connectivity index (χ1n) is 3.82. The fourth-order valence-electron chi connectivity index (χ4n) is 1.06. The Morgan fingerprint density at radius 1 is 1.73 bits per heavy atom. The van der Waals surface area contributed by atoms with E-state index in [1.54, 1.807) is 13.1 Å². The second kappa shape index (κ2) is 2.19. The van der Waals surface area contributed by atoms with E-state index in [-0.39, 0.29) is 5.78 Å². The minimum atomic E-state index is 0.0944. The first-order chi connectivity index (χ1) is 5.27. The van der Waals surface area contributed by atoms with Crippen LogP contribution in [0.1, 0.15) is 36.2 Å². The van der Waals surface area contributed by atoms with E-state index in [9.17, 15) is 4.79 Å². The van der Waals surface area contributed by atoms with E-state index in [1.807, 2.05) is 10.9 Å². The predicted molar refractivity (Wildman–Crippen MR) is 40.5 cm³/mol. The maximum atomic E-state index is 10.8. The minimum absolute atomic E-state index is 0.0944. The Balaban J connectivity index is 2.25. The number of rotatable bonds is 2. The third kappa shape index (κ3) is 1.18. The SMILES string of the molecule is CC(=O)c1cnn(C2CC2)c1. The van der Waals surface area contributed by atoms with Gasteiger partial charge in [-0.15, -0.1) is 0 Å². The van der Waals surface area contributed by atoms with Crippen LogP contribution in [0.3, 0.4) is 0 Å². The zero-order chi connectivity index (χ0) is 7.84. The molecule has 1 aromatic heterocycles. The maximum absolute atomic E-state index is 10.8. The molecule has 2 rings (SSSR count). The van der Waals surface area contributed by atoms with Gasteiger partial charge in [0.1, 0.15) is 0 Å². The monoisotopic (exact) mass is 150 g/mol. The van der Waals surface area contributed by atoms with Gasteiger partial charge < -0.3 is 0 Å². The van der Waals surface area contributed by atoms with E-state index in [2.05, 4.69) is 5.10 Å². The van der Waals surface area contributed by atoms with Crippen molar-refractivity contribution >= 4 is 5.78 Å². The Bertz CT molecular complexity index is 286. The molecule has 0 saturated heterocycles. The second-order valence-corrected chi connectivity index (χ2v) is 3.00. The normalized spacial score (nSPS) is 16.8. The summed E-state index contributed by atoms with van der Waals surface area (Å²) in [7, 11) is 0. The van der Waals surface area contributed by atoms with Crippen molar-refractivity contribution in [3.8, 4) is 0 Å². The lowest BCUT2D eigenvalue weighted by Crippen LogP contribution is -1.93. The van der Waals surface area contributed by atoms with Gasteiger partial charge in [0.25, 0.3) is 0 Å². The molecule has 1 aromatic rings. The standard InChI is InChI=1S/C8H10N2O/c1-6(11)7-4-9-10(5-7)8-2-3-8/h4-5,8H,2-3H2,1H3. The maximum Gasteiger partial charge on any atom is 0.162 e. The summed E-state index contributed by atoms with van der Waals surface area (Å²) in [5.74, 6) is 0.0944. The molecule has 1 saturated carbocycles. The van der Waals surface area contributed by atoms with Crippen molar-refractivity contribution < 1.29 is 4.79 Å². The molecule has 0 aromatic carbocycles. The number of carbonyl (C=O) groups is 1. The van der Waals surface area contributed by atoms with Crippen LogP contribution in [0.15, 0.2) is 12.4 Å². The van der Waals surface area contributed by atoms with Gasteiger partial charge in [0.15, 0.2) is 5.78 Å². The van der Waals surface area contributed by atoms with Crippen LogP contribution in [-0.4, -0.2) is 15.6 Å². The van der Waals surface area contributed by atoms with Gasteiger partial charge in [0, 0.05) is 6.20 Å². The zero-order valence-electron chi connectivity index (χ0n) is 6.45. The molecule has 1 aliphatic rings. The molecular weight excluding hydrogens is 140 g/mol. The van der Waals surface area contributed by atoms with Crippen molar-refractivity contribution in [2.24, 2.45) is 0 Å². The van der Waals surface area contributed by atoms with E-state index >= 15 is 0 Å². The first-order valence-corrected chi connectivity index (χ1v) is 3.82. The molecule has 3 nitrogen and oxygen atoms in total. The van der Waals surface area contributed by atoms with Gasteiger partial charge in [-0.1, -0.05) is 0 Å². The molecule has 1 heterocycles. The number of Topliss-reactive ketones (excluding diaryl/α,β-unsaturated/α-hetero) is 1. The summed E-state index contributed by atoms with van der Waals surface area (Å²) >= 11 is 0. The molecule has 11 heavy (non-hydrogen) atoms. The fourth-order valence-corrected chi connectivity index (χ4v) is 1.06. The third-order valence-electron chi connectivity index (χ3n) is 1.93. The predicted octanol–water partition coefficient (Wildman–Crippen LogP) is 1.42. The smallest absolute Gasteiger partial charge is 0.162 e. The lowest BCUT2D eigenvalue weighted by Gasteiger charge is -1.92. The van der Waals surface area contributed by atoms with Crippen molar-refractivity contribution in [2.75, 3.05) is 0 Å². The van der Waals surface area contributed by atoms with Crippen molar-refractivity contribution in [1.29, 1.82) is 0 Å². The number of carbonyl (C=O) groups excluding carboxylic acids is 1. The van der Waals surface area contributed by atoms with Crippen LogP contribution in [0, 0.1) is 0 Å². The van der Waals surface area contributed by atoms with Gasteiger partial charge in [-0.25, -0.2) is 0 Å². The third-order valence-corrected chi connectivity index (χ3v) is 1.93. The largest absolute Gasteiger partial charge is 0.294 e. The Morgan fingerprint density at radius 2 is 2.45 bits per heavy atom. The van der Waals surface area contributed by atoms with E-state index in [0.29, 0.717) is 6.04 Å². The molecule has 0 N–H and O–H groups in total. The van der Waals surface area contributed by atoms with E-state index < -0.39 is 0 Å². The number of aromatic nitrogens is 2. The van der Waals surface area contributed by atoms with Crippen molar-refractivity contribution in [1.82, 2.24) is 9.78 Å². The molecule has 58 valence electrons. The molecule has 0 unspecified atom stereocenters. The van der Waals surface area contributed by atoms with Crippen LogP contribution in [0.25, 0.3) is 0 Å². The van der Waals surface area contributed by atoms with Crippen molar-refractivity contribution in [3.05, 3.63) is 18.0 Å². The summed E-state index contributed by atoms with van der Waals surface area (Å²) in [6.45, 7) is 1.56. The Morgan fingerprint density at radius 3 is 2.91 bits per heavy atom. The molecule has 0 bridgehead atoms. The number of nitrogens with zero attached hydrogens (tertiary/aromatic N) is 2. The minimum Gasteiger partial charge on any atom is -0.294 e. The summed E-state index contributed by atoms with van der Waals surface area (Å²) in [5.41, 5.74) is 0.719. The van der Waals surface area contributed by atoms with E-state index in [1.165, 1.54) is 12.8 Å². The van der Waals surface area contributed by atoms with Gasteiger partial charge >= 0.3 is 0 Å². The summed E-state index contributed by atoms with van der Waals surface area (Å²) in [6.07, 6.45) is 5.89. The molecule has 0 amide bonds. The highest BCUT2D eigenvalue weighted by Crippen LogP contribution is 2.33. The summed E-state index contributed by atoms with van der Waals surface area (Å²) in [5, 5.41) is 4.10. The lowest BCUT2D eigenvalue weighted by molar-refractivity contribution is 0.101. The lowest BCUT2D eigenvalue weighted by atomic mass is 10.3. The van der Waals surface area contributed by atoms with Crippen LogP contribution in [-0.2, 0) is 0 Å². The van der Waals surface area contributed by atoms with Crippen molar-refractivity contribution in [2.45, 2.75) is 25.8 Å². The zero-order valence-corrected chi connectivity index (χ0v) is 6.45. The number of hydrogen-bond acceptors (Lipinski definition) is 2. The van der Waals surface area contributed by atoms with Crippen LogP contribution in [0.2, 0.25) is 0 Å². The van der Waals surface area contributed by atoms with Gasteiger partial charge in [-0.3, -0.25) is 9.48 Å². The first kappa shape index (κ1) is 6.58. The second-order valence-electron chi connectivity index (χ2n) is 3.00. The summed E-state index contributed by atoms with van der Waals surface area (Å²) in [6, 6.07) is 0.572. The molecule has 0 spiro atoms. The fraction of sp³-hybridized carbons (Fsp3) is 0.500. The molecule has 1 aliphatic carbocycles. The topological polar surface area (TPSA) is 34.9 Å². The Kier molecular flexibility index (Phi) is 1.31. The summed E-state index contributed by atoms with van der Waals surface area (Å²) in [4.78, 5) is 10.8. The van der Waals surface area contributed by atoms with Crippen LogP contribution < -0.4 is 0 Å². The van der Waals surface area contributed by atoms with Gasteiger partial charge in [-0.05, 0) is 19.8 Å². The van der Waals surface area contributed by atoms with Gasteiger partial charge in [0.05, 0.1) is 17.8 Å². The highest BCUT2D eigenvalue weighted by Gasteiger charge is 2.24. The van der Waals surface area contributed by atoms with Gasteiger partial charge in [-0.2, -0.15) is 5.10 Å². The average Bonchev–Trinajstić information content (AvgIpc) is 2.68. The molecule has 0 atom stereocenters. The summed E-state index contributed by atoms with van der Waals surface area (Å²) < 4.78 is 1.89. The molecule has 3 heteroatoms. The quantitative estimate of drug-likeness (QED) is 0.597. The number of ketones is 1. The van der Waals surface area contributed by atoms with E-state index in [4.69, 9.17) is 0 Å². The van der Waals surface area contributed by atoms with Crippen LogP contribution in [0.4, 0.5) is 0 Å². The van der Waals surface area contributed by atoms with Crippen molar-refractivity contribution in [3.63, 3.8) is 0 Å². The molecule has 0 aliphatic heterocycles. The molecule has 1 fully saturated rings.